The van der Waals surface area contributed by atoms with Gasteiger partial charge in [0.15, 0.2) is 5.78 Å². The van der Waals surface area contributed by atoms with Gasteiger partial charge in [-0.05, 0) is 37.1 Å². The maximum Gasteiger partial charge on any atom is 0.196 e. The Morgan fingerprint density at radius 1 is 0.897 bits per heavy atom. The fourth-order valence-corrected chi connectivity index (χ4v) is 4.62. The number of benzene rings is 3. The molecule has 2 nitrogen and oxygen atoms in total. The molecule has 4 rings (SSSR count). The van der Waals surface area contributed by atoms with E-state index >= 15 is 0 Å². The molecule has 0 saturated carbocycles. The summed E-state index contributed by atoms with van der Waals surface area (Å²) in [6.07, 6.45) is 4.83. The SMILES string of the molecule is CCCCC[C@@H](C)n1c(C)c(C(=O)c2cccc3ccccc23)c2ccccc21. The molecule has 0 radical (unpaired) electrons. The normalized spacial score (nSPS) is 12.5. The number of nitrogens with zero attached hydrogens (tertiary/aromatic N) is 1. The summed E-state index contributed by atoms with van der Waals surface area (Å²) in [6.45, 7) is 6.62. The van der Waals surface area contributed by atoms with E-state index in [1.165, 1.54) is 19.3 Å². The number of aromatic nitrogens is 1. The van der Waals surface area contributed by atoms with E-state index in [9.17, 15) is 4.79 Å². The zero-order valence-electron chi connectivity index (χ0n) is 17.6. The Morgan fingerprint density at radius 3 is 2.38 bits per heavy atom. The third kappa shape index (κ3) is 3.48. The summed E-state index contributed by atoms with van der Waals surface area (Å²) >= 11 is 0. The van der Waals surface area contributed by atoms with Crippen LogP contribution in [0.2, 0.25) is 0 Å². The van der Waals surface area contributed by atoms with Crippen LogP contribution in [0.15, 0.2) is 66.7 Å². The smallest absolute Gasteiger partial charge is 0.196 e. The molecule has 0 saturated heterocycles. The van der Waals surface area contributed by atoms with Crippen molar-refractivity contribution < 1.29 is 4.79 Å². The highest BCUT2D eigenvalue weighted by molar-refractivity contribution is 6.22. The van der Waals surface area contributed by atoms with Crippen molar-refractivity contribution in [1.29, 1.82) is 0 Å². The second-order valence-electron chi connectivity index (χ2n) is 8.05. The van der Waals surface area contributed by atoms with Gasteiger partial charge in [0.25, 0.3) is 0 Å². The highest BCUT2D eigenvalue weighted by atomic mass is 16.1. The third-order valence-corrected chi connectivity index (χ3v) is 6.08. The van der Waals surface area contributed by atoms with Crippen molar-refractivity contribution in [3.8, 4) is 0 Å². The highest BCUT2D eigenvalue weighted by Gasteiger charge is 2.24. The minimum absolute atomic E-state index is 0.120. The van der Waals surface area contributed by atoms with E-state index in [2.05, 4.69) is 55.7 Å². The van der Waals surface area contributed by atoms with E-state index in [1.54, 1.807) is 0 Å². The van der Waals surface area contributed by atoms with Gasteiger partial charge in [-0.15, -0.1) is 0 Å². The summed E-state index contributed by atoms with van der Waals surface area (Å²) < 4.78 is 2.38. The molecule has 0 aliphatic carbocycles. The summed E-state index contributed by atoms with van der Waals surface area (Å²) in [5.74, 6) is 0.120. The van der Waals surface area contributed by atoms with E-state index < -0.39 is 0 Å². The summed E-state index contributed by atoms with van der Waals surface area (Å²) in [6, 6.07) is 22.9. The van der Waals surface area contributed by atoms with Gasteiger partial charge in [-0.2, -0.15) is 0 Å². The molecule has 0 unspecified atom stereocenters. The van der Waals surface area contributed by atoms with Crippen molar-refractivity contribution in [2.45, 2.75) is 52.5 Å². The van der Waals surface area contributed by atoms with Gasteiger partial charge in [0.1, 0.15) is 0 Å². The molecule has 2 heteroatoms. The number of carbonyl (C=O) groups excluding carboxylic acids is 1. The predicted molar refractivity (Wildman–Crippen MR) is 123 cm³/mol. The molecule has 0 spiro atoms. The van der Waals surface area contributed by atoms with Crippen LogP contribution >= 0.6 is 0 Å². The lowest BCUT2D eigenvalue weighted by Crippen LogP contribution is -2.09. The Labute approximate surface area is 173 Å². The van der Waals surface area contributed by atoms with Crippen molar-refractivity contribution in [2.75, 3.05) is 0 Å². The first kappa shape index (κ1) is 19.4. The third-order valence-electron chi connectivity index (χ3n) is 6.08. The second kappa shape index (κ2) is 8.24. The number of unbranched alkanes of at least 4 members (excludes halogenated alkanes) is 2. The first-order valence-corrected chi connectivity index (χ1v) is 10.8. The van der Waals surface area contributed by atoms with E-state index in [1.807, 2.05) is 36.4 Å². The van der Waals surface area contributed by atoms with E-state index in [0.29, 0.717) is 6.04 Å². The molecule has 0 N–H and O–H groups in total. The van der Waals surface area contributed by atoms with Crippen LogP contribution in [0.3, 0.4) is 0 Å². The van der Waals surface area contributed by atoms with Gasteiger partial charge < -0.3 is 4.57 Å². The van der Waals surface area contributed by atoms with Gasteiger partial charge in [0.05, 0.1) is 5.56 Å². The van der Waals surface area contributed by atoms with Crippen molar-refractivity contribution in [3.05, 3.63) is 83.6 Å². The zero-order chi connectivity index (χ0) is 20.4. The van der Waals surface area contributed by atoms with Crippen molar-refractivity contribution in [2.24, 2.45) is 0 Å². The standard InChI is InChI=1S/C27H29NO/c1-4-5-6-12-19(2)28-20(3)26(24-16-9-10-18-25(24)28)27(29)23-17-11-14-21-13-7-8-15-22(21)23/h7-11,13-19H,4-6,12H2,1-3H3/t19-/m1/s1. The van der Waals surface area contributed by atoms with Gasteiger partial charge in [0, 0.05) is 28.2 Å². The average Bonchev–Trinajstić information content (AvgIpc) is 3.04. The first-order chi connectivity index (χ1) is 14.1. The molecule has 0 amide bonds. The highest BCUT2D eigenvalue weighted by Crippen LogP contribution is 2.33. The monoisotopic (exact) mass is 383 g/mol. The van der Waals surface area contributed by atoms with Gasteiger partial charge in [0.2, 0.25) is 0 Å². The number of ketones is 1. The lowest BCUT2D eigenvalue weighted by molar-refractivity contribution is 0.104. The molecule has 4 aromatic rings. The molecule has 1 aromatic heterocycles. The number of hydrogen-bond donors (Lipinski definition) is 0. The van der Waals surface area contributed by atoms with Crippen LogP contribution in [0.25, 0.3) is 21.7 Å². The Kier molecular flexibility index (Phi) is 5.53. The van der Waals surface area contributed by atoms with Crippen LogP contribution in [-0.2, 0) is 0 Å². The molecular formula is C27H29NO. The van der Waals surface area contributed by atoms with Crippen LogP contribution < -0.4 is 0 Å². The largest absolute Gasteiger partial charge is 0.341 e. The zero-order valence-corrected chi connectivity index (χ0v) is 17.6. The van der Waals surface area contributed by atoms with Crippen molar-refractivity contribution in [3.63, 3.8) is 0 Å². The predicted octanol–water partition coefficient (Wildman–Crippen LogP) is 7.48. The molecule has 29 heavy (non-hydrogen) atoms. The number of para-hydroxylation sites is 1. The van der Waals surface area contributed by atoms with E-state index in [4.69, 9.17) is 0 Å². The van der Waals surface area contributed by atoms with E-state index in [0.717, 1.165) is 44.9 Å². The first-order valence-electron chi connectivity index (χ1n) is 10.8. The molecular weight excluding hydrogens is 354 g/mol. The number of hydrogen-bond acceptors (Lipinski definition) is 1. The van der Waals surface area contributed by atoms with Crippen LogP contribution in [0.4, 0.5) is 0 Å². The van der Waals surface area contributed by atoms with Crippen LogP contribution in [0.5, 0.6) is 0 Å². The molecule has 0 bridgehead atoms. The lowest BCUT2D eigenvalue weighted by Gasteiger charge is -2.18. The maximum absolute atomic E-state index is 13.8. The Balaban J connectivity index is 1.86. The van der Waals surface area contributed by atoms with Crippen molar-refractivity contribution >= 4 is 27.5 Å². The number of fused-ring (bicyclic) bond motifs is 2. The topological polar surface area (TPSA) is 22.0 Å². The average molecular weight is 384 g/mol. The molecule has 1 heterocycles. The van der Waals surface area contributed by atoms with Crippen LogP contribution in [-0.4, -0.2) is 10.4 Å². The van der Waals surface area contributed by atoms with Gasteiger partial charge in [-0.3, -0.25) is 4.79 Å². The minimum atomic E-state index is 0.120. The summed E-state index contributed by atoms with van der Waals surface area (Å²) in [4.78, 5) is 13.8. The molecule has 0 aliphatic rings. The molecule has 1 atom stereocenters. The maximum atomic E-state index is 13.8. The minimum Gasteiger partial charge on any atom is -0.341 e. The Morgan fingerprint density at radius 2 is 1.59 bits per heavy atom. The molecule has 3 aromatic carbocycles. The molecule has 0 fully saturated rings. The second-order valence-corrected chi connectivity index (χ2v) is 8.05. The fraction of sp³-hybridized carbons (Fsp3) is 0.296. The number of rotatable bonds is 7. The lowest BCUT2D eigenvalue weighted by atomic mass is 9.95. The Bertz CT molecular complexity index is 1160. The Hall–Kier alpha value is -2.87. The summed E-state index contributed by atoms with van der Waals surface area (Å²) in [5, 5.41) is 3.19. The van der Waals surface area contributed by atoms with Gasteiger partial charge in [-0.25, -0.2) is 0 Å². The van der Waals surface area contributed by atoms with Gasteiger partial charge in [-0.1, -0.05) is 86.8 Å². The molecule has 0 aliphatic heterocycles. The van der Waals surface area contributed by atoms with Crippen LogP contribution in [0.1, 0.15) is 67.2 Å². The number of carbonyl (C=O) groups is 1. The van der Waals surface area contributed by atoms with Gasteiger partial charge >= 0.3 is 0 Å². The quantitative estimate of drug-likeness (QED) is 0.239. The fourth-order valence-electron chi connectivity index (χ4n) is 4.62. The van der Waals surface area contributed by atoms with Crippen molar-refractivity contribution in [1.82, 2.24) is 4.57 Å². The van der Waals surface area contributed by atoms with E-state index in [-0.39, 0.29) is 5.78 Å². The van der Waals surface area contributed by atoms with Crippen LogP contribution in [0, 0.1) is 6.92 Å². The molecule has 148 valence electrons. The summed E-state index contributed by atoms with van der Waals surface area (Å²) in [5.41, 5.74) is 3.87. The summed E-state index contributed by atoms with van der Waals surface area (Å²) in [7, 11) is 0.